The Balaban J connectivity index is 1.41. The van der Waals surface area contributed by atoms with Gasteiger partial charge in [-0.15, -0.1) is 0 Å². The summed E-state index contributed by atoms with van der Waals surface area (Å²) in [6, 6.07) is 5.86. The highest BCUT2D eigenvalue weighted by Gasteiger charge is 2.62. The second kappa shape index (κ2) is 6.86. The van der Waals surface area contributed by atoms with E-state index in [1.807, 2.05) is 30.0 Å². The Morgan fingerprint density at radius 1 is 1.33 bits per heavy atom. The lowest BCUT2D eigenvalue weighted by molar-refractivity contribution is -0.111. The van der Waals surface area contributed by atoms with Crippen LogP contribution in [0, 0.1) is 19.8 Å². The van der Waals surface area contributed by atoms with Crippen molar-refractivity contribution in [1.82, 2.24) is 25.9 Å². The van der Waals surface area contributed by atoms with E-state index in [-0.39, 0.29) is 12.1 Å². The third kappa shape index (κ3) is 2.92. The summed E-state index contributed by atoms with van der Waals surface area (Å²) >= 11 is 0. The Morgan fingerprint density at radius 3 is 2.93 bits per heavy atom. The van der Waals surface area contributed by atoms with E-state index in [0.29, 0.717) is 23.5 Å². The van der Waals surface area contributed by atoms with Gasteiger partial charge < -0.3 is 20.2 Å². The van der Waals surface area contributed by atoms with Crippen LogP contribution in [0.4, 0.5) is 10.5 Å². The van der Waals surface area contributed by atoms with Crippen molar-refractivity contribution in [2.24, 2.45) is 10.9 Å². The number of hydrogen-bond donors (Lipinski definition) is 3. The highest BCUT2D eigenvalue weighted by Crippen LogP contribution is 2.55. The molecule has 0 radical (unpaired) electrons. The molecule has 9 heteroatoms. The number of nitrogens with one attached hydrogen (secondary N) is 3. The number of amidine groups is 1. The monoisotopic (exact) mass is 407 g/mol. The topological polar surface area (TPSA) is 108 Å². The molecule has 1 aliphatic carbocycles. The number of carbonyl (C=O) groups excluding carboxylic acids is 1. The van der Waals surface area contributed by atoms with Crippen LogP contribution in [-0.4, -0.2) is 32.9 Å². The molecule has 9 nitrogen and oxygen atoms in total. The van der Waals surface area contributed by atoms with Gasteiger partial charge in [0.05, 0.1) is 0 Å². The van der Waals surface area contributed by atoms with E-state index in [1.165, 1.54) is 0 Å². The van der Waals surface area contributed by atoms with Crippen LogP contribution in [0.3, 0.4) is 0 Å². The number of aromatic nitrogens is 2. The molecule has 5 rings (SSSR count). The molecule has 30 heavy (non-hydrogen) atoms. The van der Waals surface area contributed by atoms with Crippen LogP contribution < -0.4 is 16.2 Å². The van der Waals surface area contributed by atoms with E-state index in [4.69, 9.17) is 4.52 Å². The highest BCUT2D eigenvalue weighted by atomic mass is 16.5. The van der Waals surface area contributed by atoms with Gasteiger partial charge in [-0.1, -0.05) is 18.1 Å². The maximum atomic E-state index is 13.3. The summed E-state index contributed by atoms with van der Waals surface area (Å²) in [7, 11) is 0. The van der Waals surface area contributed by atoms with Crippen molar-refractivity contribution < 1.29 is 9.32 Å². The first kappa shape index (κ1) is 18.7. The lowest BCUT2D eigenvalue weighted by atomic mass is 9.64. The van der Waals surface area contributed by atoms with Gasteiger partial charge in [0, 0.05) is 36.1 Å². The van der Waals surface area contributed by atoms with Crippen molar-refractivity contribution in [2.75, 3.05) is 5.32 Å². The van der Waals surface area contributed by atoms with Gasteiger partial charge in [0.25, 0.3) is 5.89 Å². The summed E-state index contributed by atoms with van der Waals surface area (Å²) < 4.78 is 5.52. The minimum atomic E-state index is -0.509. The number of piperidine rings is 1. The normalized spacial score (nSPS) is 26.9. The number of benzene rings is 1. The van der Waals surface area contributed by atoms with Crippen LogP contribution in [0.5, 0.6) is 0 Å². The molecule has 2 aliphatic heterocycles. The third-order valence-electron chi connectivity index (χ3n) is 6.20. The number of amides is 2. The average molecular weight is 407 g/mol. The Kier molecular flexibility index (Phi) is 4.27. The maximum absolute atomic E-state index is 13.3. The molecule has 3 aliphatic rings. The first-order valence-corrected chi connectivity index (χ1v) is 10.2. The number of fused-ring (bicyclic) bond motifs is 2. The van der Waals surface area contributed by atoms with Gasteiger partial charge in [0.2, 0.25) is 0 Å². The minimum absolute atomic E-state index is 0.139. The van der Waals surface area contributed by atoms with Gasteiger partial charge in [-0.3, -0.25) is 5.43 Å². The van der Waals surface area contributed by atoms with Crippen molar-refractivity contribution in [3.8, 4) is 0 Å². The Hall–Kier alpha value is -3.36. The molecule has 2 aromatic rings. The molecular formula is C21H25N7O2. The number of carbonyl (C=O) groups is 1. The summed E-state index contributed by atoms with van der Waals surface area (Å²) in [6.07, 6.45) is 6.09. The molecule has 3 heterocycles. The minimum Gasteiger partial charge on any atom is -0.337 e. The first-order chi connectivity index (χ1) is 14.5. The number of nitrogens with zero attached hydrogens (tertiary/aromatic N) is 4. The molecule has 3 atom stereocenters. The van der Waals surface area contributed by atoms with Crippen LogP contribution >= 0.6 is 0 Å². The van der Waals surface area contributed by atoms with Crippen LogP contribution in [0.2, 0.25) is 0 Å². The zero-order valence-electron chi connectivity index (χ0n) is 17.3. The second-order valence-corrected chi connectivity index (χ2v) is 8.47. The van der Waals surface area contributed by atoms with Crippen LogP contribution in [0.15, 0.2) is 40.1 Å². The molecule has 1 aromatic carbocycles. The van der Waals surface area contributed by atoms with Crippen molar-refractivity contribution in [3.63, 3.8) is 0 Å². The molecule has 1 saturated heterocycles. The van der Waals surface area contributed by atoms with E-state index in [9.17, 15) is 4.79 Å². The number of anilines is 1. The Morgan fingerprint density at radius 2 is 2.20 bits per heavy atom. The van der Waals surface area contributed by atoms with Gasteiger partial charge in [-0.2, -0.15) is 4.98 Å². The van der Waals surface area contributed by atoms with E-state index in [2.05, 4.69) is 38.2 Å². The van der Waals surface area contributed by atoms with E-state index >= 15 is 0 Å². The molecule has 2 bridgehead atoms. The number of rotatable bonds is 3. The number of hydrazine groups is 1. The molecule has 1 aromatic heterocycles. The number of likely N-dealkylation sites (tertiary alicyclic amines) is 1. The summed E-state index contributed by atoms with van der Waals surface area (Å²) in [6.45, 7) is 6.03. The Bertz CT molecular complexity index is 1060. The van der Waals surface area contributed by atoms with Crippen molar-refractivity contribution in [3.05, 3.63) is 53.4 Å². The number of aliphatic imine (C=N–C) groups is 1. The predicted molar refractivity (Wildman–Crippen MR) is 112 cm³/mol. The summed E-state index contributed by atoms with van der Waals surface area (Å²) in [5.74, 6) is 2.34. The largest absolute Gasteiger partial charge is 0.337 e. The van der Waals surface area contributed by atoms with Crippen molar-refractivity contribution in [1.29, 1.82) is 0 Å². The fourth-order valence-electron chi connectivity index (χ4n) is 5.00. The lowest BCUT2D eigenvalue weighted by Gasteiger charge is -2.61. The van der Waals surface area contributed by atoms with Crippen molar-refractivity contribution in [2.45, 2.75) is 51.6 Å². The standard InChI is InChI=1S/C21H25N7O2/c1-12-8-16-11-21(10-12,19-24-14(3)27-30-19)28(16)20(29)25-15-5-4-13(2)17(9-15)18-22-6-7-23-26-18/h4-7,9,12,16,23H,8,10-11H2,1-3H3,(H,22,26)(H,25,29)/t12-,16?,21?/m1/s1. The SMILES string of the molecule is Cc1noc(C23CC(C[C@@H](C)C2)N3C(=O)Nc2ccc(C)c(C3=NC=CNN3)c2)n1. The third-order valence-corrected chi connectivity index (χ3v) is 6.20. The average Bonchev–Trinajstić information content (AvgIpc) is 3.16. The highest BCUT2D eigenvalue weighted by molar-refractivity contribution is 6.02. The zero-order valence-corrected chi connectivity index (χ0v) is 17.3. The Labute approximate surface area is 174 Å². The van der Waals surface area contributed by atoms with Crippen LogP contribution in [0.1, 0.15) is 49.0 Å². The number of aryl methyl sites for hydroxylation is 2. The quantitative estimate of drug-likeness (QED) is 0.722. The molecule has 156 valence electrons. The fourth-order valence-corrected chi connectivity index (χ4v) is 5.00. The smallest absolute Gasteiger partial charge is 0.323 e. The van der Waals surface area contributed by atoms with Gasteiger partial charge in [0.15, 0.2) is 11.7 Å². The van der Waals surface area contributed by atoms with Crippen molar-refractivity contribution >= 4 is 17.6 Å². The van der Waals surface area contributed by atoms with Gasteiger partial charge >= 0.3 is 6.03 Å². The molecular weight excluding hydrogens is 382 g/mol. The van der Waals surface area contributed by atoms with Crippen LogP contribution in [0.25, 0.3) is 0 Å². The molecule has 2 unspecified atom stereocenters. The lowest BCUT2D eigenvalue weighted by Crippen LogP contribution is -2.70. The molecule has 1 saturated carbocycles. The van der Waals surface area contributed by atoms with Crippen LogP contribution in [-0.2, 0) is 5.54 Å². The van der Waals surface area contributed by atoms with E-state index in [1.54, 1.807) is 19.3 Å². The first-order valence-electron chi connectivity index (χ1n) is 10.2. The molecule has 3 N–H and O–H groups in total. The van der Waals surface area contributed by atoms with Gasteiger partial charge in [-0.25, -0.2) is 9.79 Å². The summed E-state index contributed by atoms with van der Waals surface area (Å²) in [4.78, 5) is 24.1. The summed E-state index contributed by atoms with van der Waals surface area (Å²) in [5.41, 5.74) is 8.15. The molecule has 2 fully saturated rings. The second-order valence-electron chi connectivity index (χ2n) is 8.47. The molecule has 0 spiro atoms. The molecule has 2 amide bonds. The predicted octanol–water partition coefficient (Wildman–Crippen LogP) is 2.94. The van der Waals surface area contributed by atoms with Gasteiger partial charge in [-0.05, 0) is 50.3 Å². The number of urea groups is 1. The van der Waals surface area contributed by atoms with E-state index in [0.717, 1.165) is 36.1 Å². The van der Waals surface area contributed by atoms with E-state index < -0.39 is 5.54 Å². The fraction of sp³-hybridized carbons (Fsp3) is 0.429. The zero-order chi connectivity index (χ0) is 20.9. The number of hydrogen-bond acceptors (Lipinski definition) is 7. The maximum Gasteiger partial charge on any atom is 0.323 e. The summed E-state index contributed by atoms with van der Waals surface area (Å²) in [5, 5.41) is 7.03. The van der Waals surface area contributed by atoms with Gasteiger partial charge in [0.1, 0.15) is 5.54 Å².